The van der Waals surface area contributed by atoms with E-state index in [-0.39, 0.29) is 25.4 Å². The minimum Gasteiger partial charge on any atom is -0.503 e. The number of alkyl halides is 3. The zero-order valence-electron chi connectivity index (χ0n) is 23.7. The standard InChI is InChI=1S/C32H29F3N2O6/c1-5-17-42-37-30(22(2)36-43-20-25-10-6-7-12-28(25)29(21-39-3)31(38)40-4)24-13-15-27(16-14-24)41-19-23-9-8-11-26(18-23)32(33,34)35/h1,6-16,18,21H,17,19-20H2,2-4H3/b29-21?,36-22+,37-30-. The minimum absolute atomic E-state index is 0.00632. The summed E-state index contributed by atoms with van der Waals surface area (Å²) in [4.78, 5) is 23.1. The van der Waals surface area contributed by atoms with Crippen LogP contribution >= 0.6 is 0 Å². The van der Waals surface area contributed by atoms with E-state index in [4.69, 9.17) is 30.3 Å². The van der Waals surface area contributed by atoms with Crippen molar-refractivity contribution in [1.29, 1.82) is 0 Å². The molecule has 3 aromatic rings. The molecule has 0 unspecified atom stereocenters. The molecule has 0 bridgehead atoms. The molecule has 0 aliphatic heterocycles. The van der Waals surface area contributed by atoms with Gasteiger partial charge in [-0.1, -0.05) is 52.6 Å². The molecule has 11 heteroatoms. The van der Waals surface area contributed by atoms with Crippen LogP contribution in [0.3, 0.4) is 0 Å². The maximum Gasteiger partial charge on any atom is 0.416 e. The number of terminal acetylenes is 1. The number of hydrogen-bond acceptors (Lipinski definition) is 8. The number of rotatable bonds is 13. The molecule has 0 fully saturated rings. The number of carbonyl (C=O) groups is 1. The monoisotopic (exact) mass is 594 g/mol. The molecule has 0 atom stereocenters. The van der Waals surface area contributed by atoms with E-state index >= 15 is 0 Å². The maximum atomic E-state index is 13.0. The Hall–Kier alpha value is -5.24. The van der Waals surface area contributed by atoms with Crippen molar-refractivity contribution in [2.24, 2.45) is 10.3 Å². The van der Waals surface area contributed by atoms with E-state index < -0.39 is 17.7 Å². The molecule has 0 aliphatic carbocycles. The van der Waals surface area contributed by atoms with Crippen molar-refractivity contribution in [3.05, 3.63) is 107 Å². The summed E-state index contributed by atoms with van der Waals surface area (Å²) in [6.45, 7) is 1.53. The number of oxime groups is 2. The first-order valence-electron chi connectivity index (χ1n) is 12.8. The lowest BCUT2D eigenvalue weighted by atomic mass is 10.0. The van der Waals surface area contributed by atoms with E-state index in [1.807, 2.05) is 0 Å². The summed E-state index contributed by atoms with van der Waals surface area (Å²) in [5.74, 6) is 2.19. The van der Waals surface area contributed by atoms with E-state index in [2.05, 4.69) is 16.2 Å². The molecule has 224 valence electrons. The Kier molecular flexibility index (Phi) is 11.8. The molecule has 0 saturated carbocycles. The molecule has 0 amide bonds. The summed E-state index contributed by atoms with van der Waals surface area (Å²) in [5, 5.41) is 8.28. The van der Waals surface area contributed by atoms with E-state index in [9.17, 15) is 18.0 Å². The Morgan fingerprint density at radius 3 is 2.37 bits per heavy atom. The second kappa shape index (κ2) is 15.7. The van der Waals surface area contributed by atoms with E-state index in [0.29, 0.717) is 39.4 Å². The number of hydrogen-bond donors (Lipinski definition) is 0. The number of methoxy groups -OCH3 is 2. The molecule has 0 spiro atoms. The van der Waals surface area contributed by atoms with Crippen LogP contribution < -0.4 is 4.74 Å². The van der Waals surface area contributed by atoms with E-state index in [1.54, 1.807) is 61.5 Å². The van der Waals surface area contributed by atoms with Gasteiger partial charge in [-0.2, -0.15) is 13.2 Å². The second-order valence-electron chi connectivity index (χ2n) is 8.79. The van der Waals surface area contributed by atoms with Gasteiger partial charge in [0.15, 0.2) is 6.61 Å². The van der Waals surface area contributed by atoms with Crippen LogP contribution in [0.25, 0.3) is 5.57 Å². The van der Waals surface area contributed by atoms with Gasteiger partial charge in [-0.3, -0.25) is 0 Å². The minimum atomic E-state index is -4.44. The average molecular weight is 595 g/mol. The fraction of sp³-hybridized carbons (Fsp3) is 0.219. The van der Waals surface area contributed by atoms with Crippen molar-refractivity contribution in [3.8, 4) is 18.1 Å². The number of ether oxygens (including phenoxy) is 3. The molecular formula is C32H29F3N2O6. The Labute approximate surface area is 247 Å². The number of halogens is 3. The molecular weight excluding hydrogens is 565 g/mol. The SMILES string of the molecule is C#CCO/N=C(/C(C)=N/OCc1ccccc1C(=COC)C(=O)OC)c1ccc(OCc2cccc(C(F)(F)F)c2)cc1. The summed E-state index contributed by atoms with van der Waals surface area (Å²) in [5.41, 5.74) is 2.31. The highest BCUT2D eigenvalue weighted by Gasteiger charge is 2.30. The van der Waals surface area contributed by atoms with Crippen molar-refractivity contribution < 1.29 is 41.9 Å². The third-order valence-electron chi connectivity index (χ3n) is 5.80. The predicted octanol–water partition coefficient (Wildman–Crippen LogP) is 6.39. The fourth-order valence-corrected chi connectivity index (χ4v) is 3.78. The van der Waals surface area contributed by atoms with Gasteiger partial charge < -0.3 is 23.9 Å². The fourth-order valence-electron chi connectivity index (χ4n) is 3.78. The van der Waals surface area contributed by atoms with Crippen molar-refractivity contribution in [1.82, 2.24) is 0 Å². The van der Waals surface area contributed by atoms with Gasteiger partial charge in [0.2, 0.25) is 0 Å². The van der Waals surface area contributed by atoms with Gasteiger partial charge >= 0.3 is 12.1 Å². The van der Waals surface area contributed by atoms with Crippen LogP contribution in [0, 0.1) is 12.3 Å². The first-order valence-corrected chi connectivity index (χ1v) is 12.8. The Bertz CT molecular complexity index is 1520. The smallest absolute Gasteiger partial charge is 0.416 e. The molecule has 0 saturated heterocycles. The van der Waals surface area contributed by atoms with E-state index in [0.717, 1.165) is 12.1 Å². The van der Waals surface area contributed by atoms with Crippen molar-refractivity contribution in [2.75, 3.05) is 20.8 Å². The van der Waals surface area contributed by atoms with Crippen molar-refractivity contribution in [3.63, 3.8) is 0 Å². The summed E-state index contributed by atoms with van der Waals surface area (Å²) in [7, 11) is 2.70. The quantitative estimate of drug-likeness (QED) is 0.0434. The van der Waals surface area contributed by atoms with Gasteiger partial charge in [0.25, 0.3) is 0 Å². The molecule has 3 rings (SSSR count). The van der Waals surface area contributed by atoms with Gasteiger partial charge in [0.05, 0.1) is 26.0 Å². The predicted molar refractivity (Wildman–Crippen MR) is 155 cm³/mol. The highest BCUT2D eigenvalue weighted by atomic mass is 19.4. The highest BCUT2D eigenvalue weighted by molar-refractivity contribution is 6.47. The molecule has 0 N–H and O–H groups in total. The number of carbonyl (C=O) groups excluding carboxylic acids is 1. The van der Waals surface area contributed by atoms with Crippen LogP contribution in [-0.4, -0.2) is 38.2 Å². The van der Waals surface area contributed by atoms with Crippen LogP contribution in [0.5, 0.6) is 5.75 Å². The van der Waals surface area contributed by atoms with Crippen molar-refractivity contribution in [2.45, 2.75) is 26.3 Å². The zero-order valence-corrected chi connectivity index (χ0v) is 23.7. The molecule has 43 heavy (non-hydrogen) atoms. The molecule has 0 aliphatic rings. The van der Waals surface area contributed by atoms with Gasteiger partial charge in [-0.05, 0) is 54.4 Å². The lowest BCUT2D eigenvalue weighted by Gasteiger charge is -2.12. The van der Waals surface area contributed by atoms with E-state index in [1.165, 1.54) is 26.5 Å². The molecule has 0 heterocycles. The maximum absolute atomic E-state index is 13.0. The summed E-state index contributed by atoms with van der Waals surface area (Å²) in [6, 6.07) is 18.7. The van der Waals surface area contributed by atoms with Gasteiger partial charge in [0, 0.05) is 11.1 Å². The third-order valence-corrected chi connectivity index (χ3v) is 5.80. The largest absolute Gasteiger partial charge is 0.503 e. The lowest BCUT2D eigenvalue weighted by molar-refractivity contribution is -0.137. The summed E-state index contributed by atoms with van der Waals surface area (Å²) in [6.07, 6.45) is 2.13. The zero-order chi connectivity index (χ0) is 31.2. The Morgan fingerprint density at radius 1 is 0.953 bits per heavy atom. The number of nitrogens with zero attached hydrogens (tertiary/aromatic N) is 2. The summed E-state index contributed by atoms with van der Waals surface area (Å²) >= 11 is 0. The highest BCUT2D eigenvalue weighted by Crippen LogP contribution is 2.30. The van der Waals surface area contributed by atoms with Gasteiger partial charge in [-0.15, -0.1) is 6.42 Å². The van der Waals surface area contributed by atoms with Crippen molar-refractivity contribution >= 4 is 23.0 Å². The molecule has 8 nitrogen and oxygen atoms in total. The Balaban J connectivity index is 1.75. The molecule has 0 radical (unpaired) electrons. The molecule has 0 aromatic heterocycles. The van der Waals surface area contributed by atoms with Gasteiger partial charge in [0.1, 0.15) is 36.0 Å². The topological polar surface area (TPSA) is 87.9 Å². The number of benzene rings is 3. The van der Waals surface area contributed by atoms with Crippen LogP contribution in [0.1, 0.15) is 34.7 Å². The second-order valence-corrected chi connectivity index (χ2v) is 8.79. The van der Waals surface area contributed by atoms with Crippen LogP contribution in [0.2, 0.25) is 0 Å². The lowest BCUT2D eigenvalue weighted by Crippen LogP contribution is -2.14. The number of esters is 1. The Morgan fingerprint density at radius 2 is 1.70 bits per heavy atom. The molecule has 3 aromatic carbocycles. The van der Waals surface area contributed by atoms with Crippen LogP contribution in [-0.2, 0) is 43.3 Å². The first-order chi connectivity index (χ1) is 20.7. The third kappa shape index (κ3) is 9.39. The summed E-state index contributed by atoms with van der Waals surface area (Å²) < 4.78 is 54.6. The van der Waals surface area contributed by atoms with Gasteiger partial charge in [-0.25, -0.2) is 4.79 Å². The average Bonchev–Trinajstić information content (AvgIpc) is 3.01. The first kappa shape index (κ1) is 32.3. The van der Waals surface area contributed by atoms with Crippen LogP contribution in [0.15, 0.2) is 89.4 Å². The normalized spacial score (nSPS) is 12.3. The van der Waals surface area contributed by atoms with Crippen LogP contribution in [0.4, 0.5) is 13.2 Å².